The van der Waals surface area contributed by atoms with Gasteiger partial charge in [-0.1, -0.05) is 40.0 Å². The van der Waals surface area contributed by atoms with Gasteiger partial charge in [-0.15, -0.1) is 0 Å². The third-order valence-electron chi connectivity index (χ3n) is 5.96. The van der Waals surface area contributed by atoms with Crippen LogP contribution in [0.15, 0.2) is 52.5 Å². The van der Waals surface area contributed by atoms with Crippen LogP contribution in [0, 0.1) is 5.92 Å². The lowest BCUT2D eigenvalue weighted by molar-refractivity contribution is -0.905. The molecule has 4 rings (SSSR count). The number of aromatic nitrogens is 3. The Bertz CT molecular complexity index is 1150. The van der Waals surface area contributed by atoms with Gasteiger partial charge < -0.3 is 4.57 Å². The molecule has 0 saturated heterocycles. The van der Waals surface area contributed by atoms with Crippen LogP contribution in [0.5, 0.6) is 0 Å². The summed E-state index contributed by atoms with van der Waals surface area (Å²) in [6, 6.07) is 8.02. The van der Waals surface area contributed by atoms with E-state index in [0.29, 0.717) is 11.4 Å². The van der Waals surface area contributed by atoms with Crippen LogP contribution >= 0.6 is 0 Å². The first-order valence-electron chi connectivity index (χ1n) is 10.6. The molecule has 0 bridgehead atoms. The minimum absolute atomic E-state index is 0.138. The summed E-state index contributed by atoms with van der Waals surface area (Å²) in [5.74, 6) is 1.65. The lowest BCUT2D eigenvalue weighted by Crippen LogP contribution is -2.28. The summed E-state index contributed by atoms with van der Waals surface area (Å²) in [6.07, 6.45) is 9.00. The highest BCUT2D eigenvalue weighted by Crippen LogP contribution is 2.32. The molecule has 1 aliphatic rings. The van der Waals surface area contributed by atoms with Crippen molar-refractivity contribution in [3.05, 3.63) is 48.5 Å². The second kappa shape index (κ2) is 7.69. The van der Waals surface area contributed by atoms with Crippen molar-refractivity contribution in [1.29, 1.82) is 0 Å². The molecule has 1 aromatic carbocycles. The first kappa shape index (κ1) is 20.8. The molecular weight excluding hydrogens is 398 g/mol. The molecule has 0 unspecified atom stereocenters. The molecule has 1 fully saturated rings. The smallest absolute Gasteiger partial charge is 0.223 e. The summed E-state index contributed by atoms with van der Waals surface area (Å²) in [6.45, 7) is 7.39. The van der Waals surface area contributed by atoms with Gasteiger partial charge in [-0.05, 0) is 37.0 Å². The number of hydrogen-bond donors (Lipinski definition) is 1. The Balaban J connectivity index is 1.78. The average Bonchev–Trinajstić information content (AvgIpc) is 3.07. The van der Waals surface area contributed by atoms with E-state index in [1.165, 1.54) is 56.6 Å². The molecule has 1 saturated carbocycles. The Morgan fingerprint density at radius 1 is 1.07 bits per heavy atom. The predicted molar refractivity (Wildman–Crippen MR) is 114 cm³/mol. The summed E-state index contributed by atoms with van der Waals surface area (Å²) in [7, 11) is -3.69. The zero-order valence-corrected chi connectivity index (χ0v) is 18.7. The van der Waals surface area contributed by atoms with Gasteiger partial charge in [0.15, 0.2) is 0 Å². The SMILES string of the molecule is CC(C)(C)c1nc2cc(S(=O)(=O)c3cc[n+](O)cc3)ccc2n1CC1CCCCC1. The van der Waals surface area contributed by atoms with Gasteiger partial charge in [0.05, 0.1) is 20.8 Å². The van der Waals surface area contributed by atoms with Gasteiger partial charge in [0, 0.05) is 28.8 Å². The van der Waals surface area contributed by atoms with Crippen molar-refractivity contribution in [2.75, 3.05) is 0 Å². The Morgan fingerprint density at radius 2 is 1.73 bits per heavy atom. The number of rotatable bonds is 4. The van der Waals surface area contributed by atoms with Crippen molar-refractivity contribution in [3.63, 3.8) is 0 Å². The van der Waals surface area contributed by atoms with E-state index in [2.05, 4.69) is 25.3 Å². The van der Waals surface area contributed by atoms with Crippen LogP contribution in [0.4, 0.5) is 0 Å². The highest BCUT2D eigenvalue weighted by molar-refractivity contribution is 7.91. The normalized spacial score (nSPS) is 16.2. The van der Waals surface area contributed by atoms with Crippen LogP contribution in [0.25, 0.3) is 11.0 Å². The molecule has 0 spiro atoms. The van der Waals surface area contributed by atoms with Crippen LogP contribution in [0.1, 0.15) is 58.7 Å². The Kier molecular flexibility index (Phi) is 5.34. The molecule has 6 nitrogen and oxygen atoms in total. The summed E-state index contributed by atoms with van der Waals surface area (Å²) < 4.78 is 29.3. The van der Waals surface area contributed by atoms with Gasteiger partial charge in [-0.25, -0.2) is 13.4 Å². The van der Waals surface area contributed by atoms with E-state index in [1.54, 1.807) is 12.1 Å². The lowest BCUT2D eigenvalue weighted by atomic mass is 9.88. The Hall–Kier alpha value is -2.41. The molecule has 0 aliphatic heterocycles. The number of imidazole rings is 1. The zero-order chi connectivity index (χ0) is 21.5. The van der Waals surface area contributed by atoms with Crippen LogP contribution in [-0.4, -0.2) is 23.2 Å². The first-order valence-corrected chi connectivity index (χ1v) is 12.1. The van der Waals surface area contributed by atoms with Gasteiger partial charge in [0.2, 0.25) is 22.2 Å². The van der Waals surface area contributed by atoms with Crippen molar-refractivity contribution in [2.24, 2.45) is 5.92 Å². The number of nitrogens with zero attached hydrogens (tertiary/aromatic N) is 3. The molecule has 30 heavy (non-hydrogen) atoms. The minimum atomic E-state index is -3.69. The summed E-state index contributed by atoms with van der Waals surface area (Å²) >= 11 is 0. The third-order valence-corrected chi connectivity index (χ3v) is 7.73. The molecule has 0 amide bonds. The van der Waals surface area contributed by atoms with Gasteiger partial charge in [0.25, 0.3) is 0 Å². The summed E-state index contributed by atoms with van der Waals surface area (Å²) in [5, 5.41) is 9.39. The highest BCUT2D eigenvalue weighted by atomic mass is 32.2. The van der Waals surface area contributed by atoms with Gasteiger partial charge >= 0.3 is 0 Å². The third kappa shape index (κ3) is 3.95. The van der Waals surface area contributed by atoms with E-state index in [0.717, 1.165) is 22.6 Å². The molecule has 2 heterocycles. The van der Waals surface area contributed by atoms with E-state index >= 15 is 0 Å². The summed E-state index contributed by atoms with van der Waals surface area (Å²) in [4.78, 5) is 5.25. The van der Waals surface area contributed by atoms with Crippen molar-refractivity contribution in [1.82, 2.24) is 9.55 Å². The highest BCUT2D eigenvalue weighted by Gasteiger charge is 2.27. The minimum Gasteiger partial charge on any atom is -0.327 e. The van der Waals surface area contributed by atoms with E-state index in [-0.39, 0.29) is 15.2 Å². The largest absolute Gasteiger partial charge is 0.327 e. The zero-order valence-electron chi connectivity index (χ0n) is 17.9. The fourth-order valence-corrected chi connectivity index (χ4v) is 5.65. The molecule has 2 aromatic heterocycles. The van der Waals surface area contributed by atoms with E-state index in [9.17, 15) is 13.6 Å². The van der Waals surface area contributed by atoms with Crippen molar-refractivity contribution < 1.29 is 18.4 Å². The molecule has 160 valence electrons. The standard InChI is InChI=1S/C23H30N3O3S/c1-23(2,3)22-24-20-15-19(30(28,29)18-11-13-25(27)14-12-18)9-10-21(20)26(22)16-17-7-5-4-6-8-17/h9-15,17,27H,4-8,16H2,1-3H3/q+1. The Morgan fingerprint density at radius 3 is 2.37 bits per heavy atom. The Labute approximate surface area is 178 Å². The molecule has 3 aromatic rings. The van der Waals surface area contributed by atoms with Crippen LogP contribution in [-0.2, 0) is 21.8 Å². The van der Waals surface area contributed by atoms with Gasteiger partial charge in [-0.3, -0.25) is 5.21 Å². The van der Waals surface area contributed by atoms with E-state index in [4.69, 9.17) is 4.98 Å². The predicted octanol–water partition coefficient (Wildman–Crippen LogP) is 4.27. The van der Waals surface area contributed by atoms with Gasteiger partial charge in [-0.2, -0.15) is 0 Å². The van der Waals surface area contributed by atoms with Crippen LogP contribution in [0.3, 0.4) is 0 Å². The van der Waals surface area contributed by atoms with Crippen molar-refractivity contribution in [2.45, 2.75) is 74.6 Å². The monoisotopic (exact) mass is 428 g/mol. The quantitative estimate of drug-likeness (QED) is 0.497. The average molecular weight is 429 g/mol. The lowest BCUT2D eigenvalue weighted by Gasteiger charge is -2.26. The molecule has 7 heteroatoms. The fourth-order valence-electron chi connectivity index (χ4n) is 4.38. The molecular formula is C23H30N3O3S+. The van der Waals surface area contributed by atoms with Gasteiger partial charge in [0.1, 0.15) is 5.82 Å². The number of sulfone groups is 1. The van der Waals surface area contributed by atoms with Crippen LogP contribution < -0.4 is 4.73 Å². The van der Waals surface area contributed by atoms with Crippen LogP contribution in [0.2, 0.25) is 0 Å². The fraction of sp³-hybridized carbons (Fsp3) is 0.478. The molecule has 1 N–H and O–H groups in total. The number of pyridine rings is 1. The maximum Gasteiger partial charge on any atom is 0.223 e. The maximum atomic E-state index is 13.1. The number of hydrogen-bond acceptors (Lipinski definition) is 4. The topological polar surface area (TPSA) is 76.1 Å². The number of benzene rings is 1. The summed E-state index contributed by atoms with van der Waals surface area (Å²) in [5.41, 5.74) is 1.57. The molecule has 0 radical (unpaired) electrons. The maximum absolute atomic E-state index is 13.1. The molecule has 1 aliphatic carbocycles. The van der Waals surface area contributed by atoms with Crippen molar-refractivity contribution >= 4 is 20.9 Å². The second-order valence-corrected chi connectivity index (χ2v) is 11.3. The second-order valence-electron chi connectivity index (χ2n) is 9.37. The number of fused-ring (bicyclic) bond motifs is 1. The van der Waals surface area contributed by atoms with E-state index in [1.807, 2.05) is 6.07 Å². The first-order chi connectivity index (χ1) is 14.2. The van der Waals surface area contributed by atoms with E-state index < -0.39 is 9.84 Å². The van der Waals surface area contributed by atoms with Crippen molar-refractivity contribution in [3.8, 4) is 0 Å². The molecule has 0 atom stereocenters.